The molecule has 4 rings (SSSR count). The van der Waals surface area contributed by atoms with Gasteiger partial charge in [0.25, 0.3) is 0 Å². The van der Waals surface area contributed by atoms with E-state index in [1.165, 1.54) is 31.2 Å². The van der Waals surface area contributed by atoms with Crippen LogP contribution < -0.4 is 10.1 Å². The second kappa shape index (κ2) is 7.95. The van der Waals surface area contributed by atoms with Gasteiger partial charge in [0, 0.05) is 55.6 Å². The topological polar surface area (TPSA) is 76.1 Å². The third-order valence-corrected chi connectivity index (χ3v) is 5.39. The molecule has 0 radical (unpaired) electrons. The van der Waals surface area contributed by atoms with Gasteiger partial charge in [-0.15, -0.1) is 0 Å². The van der Waals surface area contributed by atoms with Gasteiger partial charge in [-0.2, -0.15) is 0 Å². The van der Waals surface area contributed by atoms with E-state index in [1.807, 2.05) is 18.5 Å². The zero-order chi connectivity index (χ0) is 17.8. The third-order valence-electron chi connectivity index (χ3n) is 5.39. The van der Waals surface area contributed by atoms with Crippen LogP contribution in [-0.4, -0.2) is 51.1 Å². The van der Waals surface area contributed by atoms with Crippen LogP contribution in [0.4, 0.5) is 5.82 Å². The van der Waals surface area contributed by atoms with Crippen LogP contribution in [0.25, 0.3) is 0 Å². The molecule has 7 heteroatoms. The summed E-state index contributed by atoms with van der Waals surface area (Å²) in [7, 11) is 1.62. The Morgan fingerprint density at radius 2 is 1.85 bits per heavy atom. The van der Waals surface area contributed by atoms with Crippen molar-refractivity contribution in [2.24, 2.45) is 0 Å². The van der Waals surface area contributed by atoms with Crippen molar-refractivity contribution in [2.45, 2.75) is 50.6 Å². The molecule has 0 bridgehead atoms. The normalized spacial score (nSPS) is 19.1. The molecule has 2 aromatic rings. The van der Waals surface area contributed by atoms with Crippen LogP contribution in [0.2, 0.25) is 0 Å². The zero-order valence-electron chi connectivity index (χ0n) is 15.3. The Kier molecular flexibility index (Phi) is 5.24. The fraction of sp³-hybridized carbons (Fsp3) is 0.579. The Labute approximate surface area is 154 Å². The zero-order valence-corrected chi connectivity index (χ0v) is 15.3. The first-order chi connectivity index (χ1) is 12.8. The number of rotatable bonds is 6. The van der Waals surface area contributed by atoms with Crippen LogP contribution in [0, 0.1) is 0 Å². The number of piperidine rings is 1. The number of likely N-dealkylation sites (tertiary alicyclic amines) is 1. The molecule has 0 unspecified atom stereocenters. The summed E-state index contributed by atoms with van der Waals surface area (Å²) in [6, 6.07) is 2.27. The molecule has 1 N–H and O–H groups in total. The Balaban J connectivity index is 1.25. The molecule has 0 spiro atoms. The number of methoxy groups -OCH3 is 1. The predicted molar refractivity (Wildman–Crippen MR) is 99.1 cm³/mol. The van der Waals surface area contributed by atoms with E-state index in [9.17, 15) is 0 Å². The molecule has 1 saturated carbocycles. The van der Waals surface area contributed by atoms with Gasteiger partial charge in [0.15, 0.2) is 0 Å². The van der Waals surface area contributed by atoms with Gasteiger partial charge >= 0.3 is 0 Å². The lowest BCUT2D eigenvalue weighted by atomic mass is 9.85. The minimum atomic E-state index is 0.433. The Morgan fingerprint density at radius 3 is 2.50 bits per heavy atom. The summed E-state index contributed by atoms with van der Waals surface area (Å²) in [4.78, 5) is 19.9. The summed E-state index contributed by atoms with van der Waals surface area (Å²) in [5.41, 5.74) is 1.21. The second-order valence-corrected chi connectivity index (χ2v) is 7.22. The standard InChI is InChI=1S/C19H26N6O/c1-26-18-9-17(22-13-23-18)24-16-5-7-25(8-6-16)12-14-10-20-19(21-11-14)15-3-2-4-15/h9-11,13,15-16H,2-8,12H2,1H3,(H,22,23,24). The predicted octanol–water partition coefficient (Wildman–Crippen LogP) is 2.62. The number of aromatic nitrogens is 4. The Hall–Kier alpha value is -2.28. The number of hydrogen-bond donors (Lipinski definition) is 1. The number of anilines is 1. The number of nitrogens with zero attached hydrogens (tertiary/aromatic N) is 5. The summed E-state index contributed by atoms with van der Waals surface area (Å²) >= 11 is 0. The minimum absolute atomic E-state index is 0.433. The summed E-state index contributed by atoms with van der Waals surface area (Å²) in [6.07, 6.45) is 11.6. The summed E-state index contributed by atoms with van der Waals surface area (Å²) in [5.74, 6) is 3.05. The van der Waals surface area contributed by atoms with Gasteiger partial charge in [0.2, 0.25) is 5.88 Å². The monoisotopic (exact) mass is 354 g/mol. The fourth-order valence-electron chi connectivity index (χ4n) is 3.56. The molecular formula is C19H26N6O. The van der Waals surface area contributed by atoms with E-state index in [0.29, 0.717) is 17.8 Å². The molecule has 138 valence electrons. The van der Waals surface area contributed by atoms with Gasteiger partial charge < -0.3 is 10.1 Å². The van der Waals surface area contributed by atoms with Crippen molar-refractivity contribution in [3.63, 3.8) is 0 Å². The highest BCUT2D eigenvalue weighted by molar-refractivity contribution is 5.38. The van der Waals surface area contributed by atoms with E-state index in [0.717, 1.165) is 44.1 Å². The van der Waals surface area contributed by atoms with Crippen LogP contribution in [0.5, 0.6) is 5.88 Å². The molecule has 1 aliphatic heterocycles. The van der Waals surface area contributed by atoms with Crippen LogP contribution in [0.1, 0.15) is 49.4 Å². The van der Waals surface area contributed by atoms with Crippen molar-refractivity contribution in [1.29, 1.82) is 0 Å². The van der Waals surface area contributed by atoms with E-state index in [-0.39, 0.29) is 0 Å². The molecule has 2 aromatic heterocycles. The molecule has 1 aliphatic carbocycles. The second-order valence-electron chi connectivity index (χ2n) is 7.22. The Morgan fingerprint density at radius 1 is 1.08 bits per heavy atom. The Bertz CT molecular complexity index is 710. The van der Waals surface area contributed by atoms with Crippen LogP contribution in [-0.2, 0) is 6.54 Å². The quantitative estimate of drug-likeness (QED) is 0.854. The van der Waals surface area contributed by atoms with Crippen molar-refractivity contribution in [1.82, 2.24) is 24.8 Å². The highest BCUT2D eigenvalue weighted by Crippen LogP contribution is 2.33. The van der Waals surface area contributed by atoms with E-state index < -0.39 is 0 Å². The average molecular weight is 354 g/mol. The molecule has 26 heavy (non-hydrogen) atoms. The van der Waals surface area contributed by atoms with Crippen LogP contribution in [0.15, 0.2) is 24.8 Å². The summed E-state index contributed by atoms with van der Waals surface area (Å²) in [6.45, 7) is 3.05. The molecule has 1 saturated heterocycles. The lowest BCUT2D eigenvalue weighted by Gasteiger charge is -2.32. The van der Waals surface area contributed by atoms with Crippen molar-refractivity contribution in [3.05, 3.63) is 36.2 Å². The first-order valence-corrected chi connectivity index (χ1v) is 9.46. The molecule has 0 atom stereocenters. The fourth-order valence-corrected chi connectivity index (χ4v) is 3.56. The maximum absolute atomic E-state index is 5.15. The van der Waals surface area contributed by atoms with E-state index in [1.54, 1.807) is 7.11 Å². The first-order valence-electron chi connectivity index (χ1n) is 9.46. The maximum atomic E-state index is 5.15. The lowest BCUT2D eigenvalue weighted by molar-refractivity contribution is 0.210. The van der Waals surface area contributed by atoms with Crippen molar-refractivity contribution >= 4 is 5.82 Å². The van der Waals surface area contributed by atoms with Gasteiger partial charge in [-0.3, -0.25) is 4.90 Å². The molecule has 2 fully saturated rings. The van der Waals surface area contributed by atoms with Crippen molar-refractivity contribution in [2.75, 3.05) is 25.5 Å². The number of nitrogens with one attached hydrogen (secondary N) is 1. The molecule has 0 amide bonds. The molecule has 7 nitrogen and oxygen atoms in total. The van der Waals surface area contributed by atoms with Gasteiger partial charge in [-0.05, 0) is 25.7 Å². The molecule has 0 aromatic carbocycles. The molecular weight excluding hydrogens is 328 g/mol. The van der Waals surface area contributed by atoms with E-state index in [4.69, 9.17) is 4.74 Å². The highest BCUT2D eigenvalue weighted by Gasteiger charge is 2.23. The largest absolute Gasteiger partial charge is 0.481 e. The van der Waals surface area contributed by atoms with Crippen molar-refractivity contribution in [3.8, 4) is 5.88 Å². The minimum Gasteiger partial charge on any atom is -0.481 e. The molecule has 2 aliphatic rings. The van der Waals surface area contributed by atoms with Gasteiger partial charge in [-0.1, -0.05) is 6.42 Å². The number of ether oxygens (including phenoxy) is 1. The van der Waals surface area contributed by atoms with Gasteiger partial charge in [0.05, 0.1) is 7.11 Å². The highest BCUT2D eigenvalue weighted by atomic mass is 16.5. The summed E-state index contributed by atoms with van der Waals surface area (Å²) in [5, 5.41) is 3.49. The van der Waals surface area contributed by atoms with Gasteiger partial charge in [0.1, 0.15) is 18.0 Å². The number of hydrogen-bond acceptors (Lipinski definition) is 7. The summed E-state index contributed by atoms with van der Waals surface area (Å²) < 4.78 is 5.15. The van der Waals surface area contributed by atoms with Gasteiger partial charge in [-0.25, -0.2) is 19.9 Å². The average Bonchev–Trinajstić information content (AvgIpc) is 2.64. The maximum Gasteiger partial charge on any atom is 0.218 e. The SMILES string of the molecule is COc1cc(NC2CCN(Cc3cnc(C4CCC4)nc3)CC2)ncn1. The molecule has 3 heterocycles. The first kappa shape index (κ1) is 17.1. The van der Waals surface area contributed by atoms with Crippen LogP contribution >= 0.6 is 0 Å². The van der Waals surface area contributed by atoms with E-state index in [2.05, 4.69) is 30.2 Å². The smallest absolute Gasteiger partial charge is 0.218 e. The van der Waals surface area contributed by atoms with Crippen LogP contribution in [0.3, 0.4) is 0 Å². The third kappa shape index (κ3) is 4.09. The lowest BCUT2D eigenvalue weighted by Crippen LogP contribution is -2.38. The van der Waals surface area contributed by atoms with Crippen molar-refractivity contribution < 1.29 is 4.74 Å². The van der Waals surface area contributed by atoms with E-state index >= 15 is 0 Å².